The van der Waals surface area contributed by atoms with Gasteiger partial charge in [-0.25, -0.2) is 4.98 Å². The van der Waals surface area contributed by atoms with Crippen LogP contribution in [0.4, 0.5) is 5.95 Å². The Morgan fingerprint density at radius 2 is 2.42 bits per heavy atom. The first-order valence-electron chi connectivity index (χ1n) is 3.97. The fourth-order valence-corrected chi connectivity index (χ4v) is 0.778. The van der Waals surface area contributed by atoms with E-state index in [0.717, 1.165) is 13.0 Å². The van der Waals surface area contributed by atoms with Gasteiger partial charge in [0.15, 0.2) is 0 Å². The molecule has 0 aliphatic rings. The highest BCUT2D eigenvalue weighted by molar-refractivity contribution is 5.26. The second-order valence-corrected chi connectivity index (χ2v) is 2.35. The number of rotatable bonds is 4. The molecule has 1 heterocycles. The van der Waals surface area contributed by atoms with Gasteiger partial charge in [0.2, 0.25) is 11.8 Å². The molecular formula is C8H13N3O. The van der Waals surface area contributed by atoms with E-state index in [1.54, 1.807) is 19.4 Å². The SMILES string of the molecule is CCCNc1nccc(OC)n1. The third-order valence-corrected chi connectivity index (χ3v) is 1.37. The van der Waals surface area contributed by atoms with Gasteiger partial charge < -0.3 is 10.1 Å². The standard InChI is InChI=1S/C8H13N3O/c1-3-5-9-8-10-6-4-7(11-8)12-2/h4,6H,3,5H2,1-2H3,(H,9,10,11). The molecule has 0 aromatic carbocycles. The third kappa shape index (κ3) is 2.38. The minimum Gasteiger partial charge on any atom is -0.481 e. The summed E-state index contributed by atoms with van der Waals surface area (Å²) in [7, 11) is 1.59. The molecule has 1 rings (SSSR count). The molecule has 0 fully saturated rings. The van der Waals surface area contributed by atoms with Gasteiger partial charge in [0.25, 0.3) is 0 Å². The number of anilines is 1. The van der Waals surface area contributed by atoms with Crippen LogP contribution in [0.3, 0.4) is 0 Å². The Labute approximate surface area is 72.0 Å². The smallest absolute Gasteiger partial charge is 0.225 e. The van der Waals surface area contributed by atoms with Gasteiger partial charge in [-0.15, -0.1) is 0 Å². The second-order valence-electron chi connectivity index (χ2n) is 2.35. The third-order valence-electron chi connectivity index (χ3n) is 1.37. The fourth-order valence-electron chi connectivity index (χ4n) is 0.778. The summed E-state index contributed by atoms with van der Waals surface area (Å²) in [6.45, 7) is 2.97. The van der Waals surface area contributed by atoms with Crippen LogP contribution >= 0.6 is 0 Å². The zero-order chi connectivity index (χ0) is 8.81. The minimum atomic E-state index is 0.587. The summed E-state index contributed by atoms with van der Waals surface area (Å²) in [5.41, 5.74) is 0. The van der Waals surface area contributed by atoms with Crippen LogP contribution < -0.4 is 10.1 Å². The van der Waals surface area contributed by atoms with Crippen molar-refractivity contribution in [2.24, 2.45) is 0 Å². The van der Waals surface area contributed by atoms with E-state index in [2.05, 4.69) is 22.2 Å². The van der Waals surface area contributed by atoms with Crippen LogP contribution in [-0.4, -0.2) is 23.6 Å². The van der Waals surface area contributed by atoms with E-state index < -0.39 is 0 Å². The first-order valence-corrected chi connectivity index (χ1v) is 3.97. The molecular weight excluding hydrogens is 154 g/mol. The van der Waals surface area contributed by atoms with Crippen molar-refractivity contribution in [3.63, 3.8) is 0 Å². The molecule has 0 saturated carbocycles. The number of nitrogens with zero attached hydrogens (tertiary/aromatic N) is 2. The van der Waals surface area contributed by atoms with Crippen molar-refractivity contribution >= 4 is 5.95 Å². The topological polar surface area (TPSA) is 47.0 Å². The van der Waals surface area contributed by atoms with Crippen molar-refractivity contribution in [3.8, 4) is 5.88 Å². The Morgan fingerprint density at radius 3 is 3.08 bits per heavy atom. The van der Waals surface area contributed by atoms with Crippen molar-refractivity contribution in [2.45, 2.75) is 13.3 Å². The molecule has 0 amide bonds. The lowest BCUT2D eigenvalue weighted by molar-refractivity contribution is 0.397. The van der Waals surface area contributed by atoms with E-state index in [9.17, 15) is 0 Å². The van der Waals surface area contributed by atoms with E-state index in [1.807, 2.05) is 0 Å². The van der Waals surface area contributed by atoms with Crippen molar-refractivity contribution < 1.29 is 4.74 Å². The summed E-state index contributed by atoms with van der Waals surface area (Å²) >= 11 is 0. The van der Waals surface area contributed by atoms with E-state index in [-0.39, 0.29) is 0 Å². The second kappa shape index (κ2) is 4.54. The number of ether oxygens (including phenoxy) is 1. The lowest BCUT2D eigenvalue weighted by Crippen LogP contribution is -2.04. The molecule has 0 spiro atoms. The van der Waals surface area contributed by atoms with Crippen molar-refractivity contribution in [3.05, 3.63) is 12.3 Å². The van der Waals surface area contributed by atoms with Gasteiger partial charge in [0.1, 0.15) is 0 Å². The molecule has 0 bridgehead atoms. The zero-order valence-corrected chi connectivity index (χ0v) is 7.37. The number of hydrogen-bond acceptors (Lipinski definition) is 4. The molecule has 1 N–H and O–H groups in total. The van der Waals surface area contributed by atoms with Crippen LogP contribution in [0.15, 0.2) is 12.3 Å². The summed E-state index contributed by atoms with van der Waals surface area (Å²) in [4.78, 5) is 8.11. The first-order chi connectivity index (χ1) is 5.86. The maximum Gasteiger partial charge on any atom is 0.225 e. The van der Waals surface area contributed by atoms with E-state index in [4.69, 9.17) is 4.74 Å². The average Bonchev–Trinajstić information content (AvgIpc) is 2.15. The fraction of sp³-hybridized carbons (Fsp3) is 0.500. The van der Waals surface area contributed by atoms with Gasteiger partial charge in [0.05, 0.1) is 7.11 Å². The highest BCUT2D eigenvalue weighted by atomic mass is 16.5. The Balaban J connectivity index is 2.60. The van der Waals surface area contributed by atoms with Crippen LogP contribution in [0.1, 0.15) is 13.3 Å². The number of hydrogen-bond donors (Lipinski definition) is 1. The minimum absolute atomic E-state index is 0.587. The van der Waals surface area contributed by atoms with Crippen LogP contribution in [-0.2, 0) is 0 Å². The molecule has 4 heteroatoms. The molecule has 4 nitrogen and oxygen atoms in total. The van der Waals surface area contributed by atoms with Crippen molar-refractivity contribution in [1.29, 1.82) is 0 Å². The number of methoxy groups -OCH3 is 1. The molecule has 0 aliphatic carbocycles. The van der Waals surface area contributed by atoms with Crippen LogP contribution in [0.25, 0.3) is 0 Å². The number of aromatic nitrogens is 2. The summed E-state index contributed by atoms with van der Waals surface area (Å²) in [5.74, 6) is 1.21. The van der Waals surface area contributed by atoms with Crippen LogP contribution in [0, 0.1) is 0 Å². The lowest BCUT2D eigenvalue weighted by atomic mass is 10.5. The zero-order valence-electron chi connectivity index (χ0n) is 7.37. The van der Waals surface area contributed by atoms with E-state index in [1.165, 1.54) is 0 Å². The Hall–Kier alpha value is -1.32. The lowest BCUT2D eigenvalue weighted by Gasteiger charge is -2.03. The molecule has 0 saturated heterocycles. The van der Waals surface area contributed by atoms with Gasteiger partial charge in [-0.1, -0.05) is 6.92 Å². The van der Waals surface area contributed by atoms with E-state index in [0.29, 0.717) is 11.8 Å². The van der Waals surface area contributed by atoms with Gasteiger partial charge in [-0.2, -0.15) is 4.98 Å². The monoisotopic (exact) mass is 167 g/mol. The first kappa shape index (κ1) is 8.77. The quantitative estimate of drug-likeness (QED) is 0.734. The molecule has 1 aromatic heterocycles. The van der Waals surface area contributed by atoms with Gasteiger partial charge in [0, 0.05) is 18.8 Å². The van der Waals surface area contributed by atoms with Crippen LogP contribution in [0.5, 0.6) is 5.88 Å². The molecule has 0 atom stereocenters. The van der Waals surface area contributed by atoms with Crippen LogP contribution in [0.2, 0.25) is 0 Å². The summed E-state index contributed by atoms with van der Waals surface area (Å²) < 4.78 is 4.94. The maximum absolute atomic E-state index is 4.94. The largest absolute Gasteiger partial charge is 0.481 e. The van der Waals surface area contributed by atoms with Gasteiger partial charge in [-0.3, -0.25) is 0 Å². The van der Waals surface area contributed by atoms with Crippen molar-refractivity contribution in [1.82, 2.24) is 9.97 Å². The predicted octanol–water partition coefficient (Wildman–Crippen LogP) is 1.31. The Kier molecular flexibility index (Phi) is 3.32. The summed E-state index contributed by atoms with van der Waals surface area (Å²) in [6.07, 6.45) is 2.73. The Bertz CT molecular complexity index is 239. The average molecular weight is 167 g/mol. The van der Waals surface area contributed by atoms with Gasteiger partial charge >= 0.3 is 0 Å². The highest BCUT2D eigenvalue weighted by Crippen LogP contribution is 2.06. The molecule has 0 unspecified atom stereocenters. The maximum atomic E-state index is 4.94. The van der Waals surface area contributed by atoms with Crippen molar-refractivity contribution in [2.75, 3.05) is 19.0 Å². The predicted molar refractivity (Wildman–Crippen MR) is 47.4 cm³/mol. The van der Waals surface area contributed by atoms with E-state index >= 15 is 0 Å². The number of nitrogens with one attached hydrogen (secondary N) is 1. The molecule has 0 aliphatic heterocycles. The molecule has 0 radical (unpaired) electrons. The molecule has 1 aromatic rings. The normalized spacial score (nSPS) is 9.50. The Morgan fingerprint density at radius 1 is 1.58 bits per heavy atom. The highest BCUT2D eigenvalue weighted by Gasteiger charge is 1.95. The summed E-state index contributed by atoms with van der Waals surface area (Å²) in [6, 6.07) is 1.72. The molecule has 12 heavy (non-hydrogen) atoms. The molecule has 66 valence electrons. The summed E-state index contributed by atoms with van der Waals surface area (Å²) in [5, 5.41) is 3.07. The van der Waals surface area contributed by atoms with Gasteiger partial charge in [-0.05, 0) is 6.42 Å².